The van der Waals surface area contributed by atoms with E-state index in [1.54, 1.807) is 0 Å². The first-order chi connectivity index (χ1) is 14.6. The molecule has 0 bridgehead atoms. The minimum absolute atomic E-state index is 0.150. The van der Waals surface area contributed by atoms with Crippen molar-refractivity contribution < 1.29 is 14.4 Å². The van der Waals surface area contributed by atoms with E-state index in [1.165, 1.54) is 6.92 Å². The molecule has 2 N–H and O–H groups in total. The van der Waals surface area contributed by atoms with E-state index in [0.29, 0.717) is 6.41 Å². The van der Waals surface area contributed by atoms with Crippen molar-refractivity contribution in [3.63, 3.8) is 0 Å². The standard InChI is InChI=1S/C25H24N2O3/c1-19(29)23(26-18-28)17-24(30)27-25(20-11-5-2-6-12-20,21-13-7-3-8-14-21)22-15-9-4-10-16-22/h2-16,18,23H,17H2,1H3,(H,26,28)(H,27,30). The van der Waals surface area contributed by atoms with Crippen molar-refractivity contribution in [2.24, 2.45) is 0 Å². The second-order valence-corrected chi connectivity index (χ2v) is 7.05. The Morgan fingerprint density at radius 1 is 0.800 bits per heavy atom. The number of Topliss-reactive ketones (excluding diaryl/α,β-unsaturated/α-hetero) is 1. The third kappa shape index (κ3) is 4.46. The van der Waals surface area contributed by atoms with Gasteiger partial charge in [-0.15, -0.1) is 0 Å². The van der Waals surface area contributed by atoms with Crippen LogP contribution in [0.4, 0.5) is 0 Å². The fourth-order valence-corrected chi connectivity index (χ4v) is 3.63. The third-order valence-electron chi connectivity index (χ3n) is 5.10. The fraction of sp³-hybridized carbons (Fsp3) is 0.160. The van der Waals surface area contributed by atoms with Gasteiger partial charge in [0.2, 0.25) is 12.3 Å². The minimum Gasteiger partial charge on any atom is -0.348 e. The molecule has 0 heterocycles. The maximum atomic E-state index is 13.1. The lowest BCUT2D eigenvalue weighted by molar-refractivity contribution is -0.128. The van der Waals surface area contributed by atoms with E-state index >= 15 is 0 Å². The molecule has 0 aromatic heterocycles. The summed E-state index contributed by atoms with van der Waals surface area (Å²) >= 11 is 0. The van der Waals surface area contributed by atoms with Crippen LogP contribution in [-0.2, 0) is 19.9 Å². The molecule has 3 aromatic carbocycles. The maximum absolute atomic E-state index is 13.1. The highest BCUT2D eigenvalue weighted by molar-refractivity contribution is 5.90. The molecule has 1 unspecified atom stereocenters. The Morgan fingerprint density at radius 2 is 1.20 bits per heavy atom. The van der Waals surface area contributed by atoms with Crippen molar-refractivity contribution in [1.29, 1.82) is 0 Å². The van der Waals surface area contributed by atoms with Gasteiger partial charge in [-0.05, 0) is 23.6 Å². The second kappa shape index (κ2) is 9.65. The van der Waals surface area contributed by atoms with Gasteiger partial charge in [-0.3, -0.25) is 14.4 Å². The zero-order chi connectivity index (χ0) is 21.4. The summed E-state index contributed by atoms with van der Waals surface area (Å²) in [5.74, 6) is -0.622. The first kappa shape index (κ1) is 21.0. The molecular formula is C25H24N2O3. The predicted molar refractivity (Wildman–Crippen MR) is 116 cm³/mol. The molecule has 3 rings (SSSR count). The molecule has 0 saturated carbocycles. The summed E-state index contributed by atoms with van der Waals surface area (Å²) in [5, 5.41) is 5.60. The SMILES string of the molecule is CC(=O)C(CC(=O)NC(c1ccccc1)(c1ccccc1)c1ccccc1)NC=O. The Kier molecular flexibility index (Phi) is 6.75. The summed E-state index contributed by atoms with van der Waals surface area (Å²) in [6, 6.07) is 28.2. The normalized spacial score (nSPS) is 11.9. The zero-order valence-corrected chi connectivity index (χ0v) is 16.7. The van der Waals surface area contributed by atoms with Crippen LogP contribution in [0.2, 0.25) is 0 Å². The summed E-state index contributed by atoms with van der Waals surface area (Å²) < 4.78 is 0. The van der Waals surface area contributed by atoms with Gasteiger partial charge < -0.3 is 10.6 Å². The number of hydrogen-bond donors (Lipinski definition) is 2. The van der Waals surface area contributed by atoms with Crippen LogP contribution in [-0.4, -0.2) is 24.1 Å². The Bertz CT molecular complexity index is 892. The average Bonchev–Trinajstić information content (AvgIpc) is 2.79. The van der Waals surface area contributed by atoms with Crippen LogP contribution in [0.25, 0.3) is 0 Å². The van der Waals surface area contributed by atoms with Gasteiger partial charge >= 0.3 is 0 Å². The lowest BCUT2D eigenvalue weighted by Gasteiger charge is -2.37. The van der Waals surface area contributed by atoms with Gasteiger partial charge in [-0.25, -0.2) is 0 Å². The number of amides is 2. The van der Waals surface area contributed by atoms with Gasteiger partial charge in [0.15, 0.2) is 5.78 Å². The molecule has 1 atom stereocenters. The number of hydrogen-bond acceptors (Lipinski definition) is 3. The van der Waals surface area contributed by atoms with Crippen molar-refractivity contribution in [2.45, 2.75) is 24.9 Å². The van der Waals surface area contributed by atoms with Crippen molar-refractivity contribution in [1.82, 2.24) is 10.6 Å². The van der Waals surface area contributed by atoms with Crippen LogP contribution in [0.3, 0.4) is 0 Å². The Labute approximate surface area is 176 Å². The van der Waals surface area contributed by atoms with E-state index < -0.39 is 11.6 Å². The van der Waals surface area contributed by atoms with Crippen molar-refractivity contribution in [2.75, 3.05) is 0 Å². The lowest BCUT2D eigenvalue weighted by Crippen LogP contribution is -2.50. The highest BCUT2D eigenvalue weighted by Crippen LogP contribution is 2.36. The minimum atomic E-state index is -0.955. The monoisotopic (exact) mass is 400 g/mol. The molecule has 0 aliphatic carbocycles. The lowest BCUT2D eigenvalue weighted by atomic mass is 9.77. The first-order valence-corrected chi connectivity index (χ1v) is 9.75. The molecule has 0 fully saturated rings. The topological polar surface area (TPSA) is 75.3 Å². The van der Waals surface area contributed by atoms with E-state index in [9.17, 15) is 14.4 Å². The largest absolute Gasteiger partial charge is 0.348 e. The number of rotatable bonds is 9. The highest BCUT2D eigenvalue weighted by Gasteiger charge is 2.38. The van der Waals surface area contributed by atoms with E-state index in [0.717, 1.165) is 16.7 Å². The van der Waals surface area contributed by atoms with Gasteiger partial charge in [-0.1, -0.05) is 91.0 Å². The fourth-order valence-electron chi connectivity index (χ4n) is 3.63. The summed E-state index contributed by atoms with van der Waals surface area (Å²) in [7, 11) is 0. The maximum Gasteiger partial charge on any atom is 0.223 e. The van der Waals surface area contributed by atoms with E-state index in [4.69, 9.17) is 0 Å². The van der Waals surface area contributed by atoms with Gasteiger partial charge in [0.05, 0.1) is 12.5 Å². The Balaban J connectivity index is 2.13. The van der Waals surface area contributed by atoms with Crippen LogP contribution in [0.15, 0.2) is 91.0 Å². The zero-order valence-electron chi connectivity index (χ0n) is 16.7. The number of carbonyl (C=O) groups excluding carboxylic acids is 3. The van der Waals surface area contributed by atoms with E-state index in [1.807, 2.05) is 91.0 Å². The van der Waals surface area contributed by atoms with E-state index in [-0.39, 0.29) is 18.1 Å². The molecule has 152 valence electrons. The number of ketones is 1. The summed E-state index contributed by atoms with van der Waals surface area (Å²) in [6.45, 7) is 1.35. The highest BCUT2D eigenvalue weighted by atomic mass is 16.2. The second-order valence-electron chi connectivity index (χ2n) is 7.05. The summed E-state index contributed by atoms with van der Waals surface area (Å²) in [4.78, 5) is 35.8. The molecule has 2 amide bonds. The van der Waals surface area contributed by atoms with E-state index in [2.05, 4.69) is 10.6 Å². The van der Waals surface area contributed by atoms with Crippen LogP contribution in [0.1, 0.15) is 30.0 Å². The molecule has 5 nitrogen and oxygen atoms in total. The molecule has 0 aliphatic heterocycles. The Morgan fingerprint density at radius 3 is 1.53 bits per heavy atom. The van der Waals surface area contributed by atoms with Crippen LogP contribution < -0.4 is 10.6 Å². The quantitative estimate of drug-likeness (QED) is 0.428. The molecular weight excluding hydrogens is 376 g/mol. The average molecular weight is 400 g/mol. The first-order valence-electron chi connectivity index (χ1n) is 9.75. The predicted octanol–water partition coefficient (Wildman–Crippen LogP) is 3.19. The number of carbonyl (C=O) groups is 3. The van der Waals surface area contributed by atoms with Crippen LogP contribution in [0.5, 0.6) is 0 Å². The molecule has 5 heteroatoms. The van der Waals surface area contributed by atoms with Crippen molar-refractivity contribution >= 4 is 18.1 Å². The van der Waals surface area contributed by atoms with Gasteiger partial charge in [0.1, 0.15) is 5.54 Å². The Hall–Kier alpha value is -3.73. The molecule has 3 aromatic rings. The number of benzene rings is 3. The van der Waals surface area contributed by atoms with Gasteiger partial charge in [0, 0.05) is 0 Å². The molecule has 0 aliphatic rings. The smallest absolute Gasteiger partial charge is 0.223 e. The van der Waals surface area contributed by atoms with Crippen LogP contribution >= 0.6 is 0 Å². The molecule has 0 spiro atoms. The molecule has 0 saturated heterocycles. The molecule has 0 radical (unpaired) electrons. The third-order valence-corrected chi connectivity index (χ3v) is 5.10. The molecule has 30 heavy (non-hydrogen) atoms. The number of nitrogens with one attached hydrogen (secondary N) is 2. The van der Waals surface area contributed by atoms with Gasteiger partial charge in [0.25, 0.3) is 0 Å². The van der Waals surface area contributed by atoms with Crippen molar-refractivity contribution in [3.05, 3.63) is 108 Å². The van der Waals surface area contributed by atoms with Crippen LogP contribution in [0, 0.1) is 0 Å². The summed E-state index contributed by atoms with van der Waals surface area (Å²) in [6.07, 6.45) is 0.292. The van der Waals surface area contributed by atoms with Crippen molar-refractivity contribution in [3.8, 4) is 0 Å². The van der Waals surface area contributed by atoms with Gasteiger partial charge in [-0.2, -0.15) is 0 Å². The summed E-state index contributed by atoms with van der Waals surface area (Å²) in [5.41, 5.74) is 1.71.